The van der Waals surface area contributed by atoms with Gasteiger partial charge in [0, 0.05) is 24.0 Å². The van der Waals surface area contributed by atoms with Crippen molar-refractivity contribution in [2.75, 3.05) is 13.6 Å². The molecule has 0 amide bonds. The van der Waals surface area contributed by atoms with Crippen molar-refractivity contribution < 1.29 is 0 Å². The monoisotopic (exact) mass is 308 g/mol. The SMILES string of the molecule is CN(Cc1cccs1)C(CN)C1CCC(C(C)(C)C)CC1. The van der Waals surface area contributed by atoms with Crippen LogP contribution in [0.15, 0.2) is 17.5 Å². The van der Waals surface area contributed by atoms with Gasteiger partial charge < -0.3 is 5.73 Å². The highest BCUT2D eigenvalue weighted by Gasteiger charge is 2.33. The third-order valence-corrected chi connectivity index (χ3v) is 6.19. The first-order valence-electron chi connectivity index (χ1n) is 8.34. The quantitative estimate of drug-likeness (QED) is 0.875. The van der Waals surface area contributed by atoms with Crippen molar-refractivity contribution in [2.24, 2.45) is 23.0 Å². The summed E-state index contributed by atoms with van der Waals surface area (Å²) in [5.41, 5.74) is 6.58. The molecule has 21 heavy (non-hydrogen) atoms. The molecule has 0 spiro atoms. The third kappa shape index (κ3) is 4.54. The number of rotatable bonds is 5. The number of likely N-dealkylation sites (N-methyl/N-ethyl adjacent to an activating group) is 1. The van der Waals surface area contributed by atoms with E-state index in [0.717, 1.165) is 24.9 Å². The molecule has 120 valence electrons. The largest absolute Gasteiger partial charge is 0.329 e. The van der Waals surface area contributed by atoms with E-state index < -0.39 is 0 Å². The summed E-state index contributed by atoms with van der Waals surface area (Å²) in [7, 11) is 2.24. The van der Waals surface area contributed by atoms with E-state index in [9.17, 15) is 0 Å². The minimum atomic E-state index is 0.464. The van der Waals surface area contributed by atoms with Crippen LogP contribution in [-0.2, 0) is 6.54 Å². The standard InChI is InChI=1S/C18H32N2S/c1-18(2,3)15-9-7-14(8-10-15)17(12-19)20(4)13-16-6-5-11-21-16/h5-6,11,14-15,17H,7-10,12-13,19H2,1-4H3. The van der Waals surface area contributed by atoms with Crippen molar-refractivity contribution >= 4 is 11.3 Å². The number of hydrogen-bond donors (Lipinski definition) is 1. The smallest absolute Gasteiger partial charge is 0.0328 e. The fourth-order valence-corrected chi connectivity index (χ4v) is 4.64. The van der Waals surface area contributed by atoms with Crippen LogP contribution in [0.25, 0.3) is 0 Å². The van der Waals surface area contributed by atoms with Crippen molar-refractivity contribution in [3.8, 4) is 0 Å². The lowest BCUT2D eigenvalue weighted by atomic mass is 9.68. The molecule has 2 nitrogen and oxygen atoms in total. The summed E-state index contributed by atoms with van der Waals surface area (Å²) in [5, 5.41) is 2.16. The maximum Gasteiger partial charge on any atom is 0.0328 e. The molecule has 1 atom stereocenters. The van der Waals surface area contributed by atoms with Crippen molar-refractivity contribution in [3.63, 3.8) is 0 Å². The highest BCUT2D eigenvalue weighted by Crippen LogP contribution is 2.41. The van der Waals surface area contributed by atoms with Crippen LogP contribution in [-0.4, -0.2) is 24.5 Å². The van der Waals surface area contributed by atoms with Gasteiger partial charge in [-0.1, -0.05) is 26.8 Å². The Morgan fingerprint density at radius 3 is 2.43 bits per heavy atom. The molecule has 1 aliphatic carbocycles. The zero-order valence-corrected chi connectivity index (χ0v) is 15.0. The highest BCUT2D eigenvalue weighted by atomic mass is 32.1. The molecule has 0 aliphatic heterocycles. The van der Waals surface area contributed by atoms with Gasteiger partial charge in [0.05, 0.1) is 0 Å². The van der Waals surface area contributed by atoms with Crippen LogP contribution in [0.2, 0.25) is 0 Å². The van der Waals surface area contributed by atoms with Crippen molar-refractivity contribution in [2.45, 2.75) is 59.0 Å². The van der Waals surface area contributed by atoms with Crippen molar-refractivity contribution in [3.05, 3.63) is 22.4 Å². The molecular weight excluding hydrogens is 276 g/mol. The van der Waals surface area contributed by atoms with Gasteiger partial charge in [0.2, 0.25) is 0 Å². The van der Waals surface area contributed by atoms with E-state index in [1.54, 1.807) is 0 Å². The summed E-state index contributed by atoms with van der Waals surface area (Å²) in [6.45, 7) is 9.00. The Kier molecular flexibility index (Phi) is 5.87. The van der Waals surface area contributed by atoms with Crippen LogP contribution >= 0.6 is 11.3 Å². The van der Waals surface area contributed by atoms with Gasteiger partial charge in [0.25, 0.3) is 0 Å². The molecule has 1 fully saturated rings. The van der Waals surface area contributed by atoms with E-state index in [1.807, 2.05) is 11.3 Å². The van der Waals surface area contributed by atoms with Gasteiger partial charge in [0.1, 0.15) is 0 Å². The molecule has 1 aromatic heterocycles. The van der Waals surface area contributed by atoms with E-state index in [4.69, 9.17) is 5.73 Å². The van der Waals surface area contributed by atoms with Crippen molar-refractivity contribution in [1.29, 1.82) is 0 Å². The van der Waals surface area contributed by atoms with Gasteiger partial charge in [-0.15, -0.1) is 11.3 Å². The van der Waals surface area contributed by atoms with Crippen LogP contribution < -0.4 is 5.73 Å². The average Bonchev–Trinajstić information content (AvgIpc) is 2.92. The minimum Gasteiger partial charge on any atom is -0.329 e. The summed E-state index contributed by atoms with van der Waals surface area (Å²) in [6, 6.07) is 4.90. The first kappa shape index (κ1) is 17.0. The van der Waals surface area contributed by atoms with E-state index in [2.05, 4.69) is 50.2 Å². The maximum atomic E-state index is 6.12. The van der Waals surface area contributed by atoms with Gasteiger partial charge in [-0.3, -0.25) is 4.90 Å². The Bertz CT molecular complexity index is 399. The molecule has 1 saturated carbocycles. The van der Waals surface area contributed by atoms with E-state index in [0.29, 0.717) is 11.5 Å². The average molecular weight is 309 g/mol. The zero-order chi connectivity index (χ0) is 15.5. The second kappa shape index (κ2) is 7.26. The van der Waals surface area contributed by atoms with Crippen LogP contribution in [0.3, 0.4) is 0 Å². The second-order valence-electron chi connectivity index (χ2n) is 7.78. The molecule has 0 saturated heterocycles. The Morgan fingerprint density at radius 1 is 1.29 bits per heavy atom. The number of hydrogen-bond acceptors (Lipinski definition) is 3. The summed E-state index contributed by atoms with van der Waals surface area (Å²) in [4.78, 5) is 3.92. The predicted molar refractivity (Wildman–Crippen MR) is 93.5 cm³/mol. The van der Waals surface area contributed by atoms with Crippen LogP contribution in [0, 0.1) is 17.3 Å². The van der Waals surface area contributed by atoms with Gasteiger partial charge >= 0.3 is 0 Å². The number of nitrogens with zero attached hydrogens (tertiary/aromatic N) is 1. The van der Waals surface area contributed by atoms with Gasteiger partial charge in [-0.2, -0.15) is 0 Å². The lowest BCUT2D eigenvalue weighted by Gasteiger charge is -2.41. The first-order chi connectivity index (χ1) is 9.91. The van der Waals surface area contributed by atoms with Crippen molar-refractivity contribution in [1.82, 2.24) is 4.90 Å². The minimum absolute atomic E-state index is 0.464. The van der Waals surface area contributed by atoms with Gasteiger partial charge in [-0.25, -0.2) is 0 Å². The van der Waals surface area contributed by atoms with Crippen LogP contribution in [0.4, 0.5) is 0 Å². The topological polar surface area (TPSA) is 29.3 Å². The zero-order valence-electron chi connectivity index (χ0n) is 14.1. The van der Waals surface area contributed by atoms with Crippen LogP contribution in [0.5, 0.6) is 0 Å². The summed E-state index contributed by atoms with van der Waals surface area (Å²) in [5.74, 6) is 1.66. The Labute approximate surface area is 134 Å². The summed E-state index contributed by atoms with van der Waals surface area (Å²) < 4.78 is 0. The molecule has 1 aliphatic rings. The number of nitrogens with two attached hydrogens (primary N) is 1. The number of thiophene rings is 1. The molecular formula is C18H32N2S. The fourth-order valence-electron chi connectivity index (χ4n) is 3.87. The molecule has 0 bridgehead atoms. The van der Waals surface area contributed by atoms with Crippen LogP contribution in [0.1, 0.15) is 51.3 Å². The molecule has 2 N–H and O–H groups in total. The normalized spacial score (nSPS) is 25.2. The molecule has 1 heterocycles. The van der Waals surface area contributed by atoms with Gasteiger partial charge in [-0.05, 0) is 61.4 Å². The Hall–Kier alpha value is -0.380. The Balaban J connectivity index is 1.90. The van der Waals surface area contributed by atoms with Gasteiger partial charge in [0.15, 0.2) is 0 Å². The van der Waals surface area contributed by atoms with E-state index in [-0.39, 0.29) is 0 Å². The lowest BCUT2D eigenvalue weighted by molar-refractivity contribution is 0.0922. The third-order valence-electron chi connectivity index (χ3n) is 5.33. The molecule has 0 radical (unpaired) electrons. The van der Waals surface area contributed by atoms with E-state index >= 15 is 0 Å². The molecule has 2 rings (SSSR count). The Morgan fingerprint density at radius 2 is 1.95 bits per heavy atom. The first-order valence-corrected chi connectivity index (χ1v) is 9.22. The summed E-state index contributed by atoms with van der Waals surface area (Å²) in [6.07, 6.45) is 5.44. The second-order valence-corrected chi connectivity index (χ2v) is 8.81. The van der Waals surface area contributed by atoms with E-state index in [1.165, 1.54) is 30.6 Å². The summed E-state index contributed by atoms with van der Waals surface area (Å²) >= 11 is 1.85. The fraction of sp³-hybridized carbons (Fsp3) is 0.778. The highest BCUT2D eigenvalue weighted by molar-refractivity contribution is 7.09. The molecule has 1 unspecified atom stereocenters. The molecule has 1 aromatic rings. The predicted octanol–water partition coefficient (Wildman–Crippen LogP) is 4.36. The molecule has 3 heteroatoms. The lowest BCUT2D eigenvalue weighted by Crippen LogP contribution is -2.44. The maximum absolute atomic E-state index is 6.12. The molecule has 0 aromatic carbocycles.